The second kappa shape index (κ2) is 12.1. The Kier molecular flexibility index (Phi) is 11.3. The summed E-state index contributed by atoms with van der Waals surface area (Å²) in [5, 5.41) is 6.26. The molecule has 4 nitrogen and oxygen atoms in total. The SMILES string of the molecule is C#CCNC(=NCc1ccc(C)cc1OC(C)CC)NCC.I. The molecule has 1 rings (SSSR count). The molecule has 0 heterocycles. The van der Waals surface area contributed by atoms with Crippen molar-refractivity contribution in [3.63, 3.8) is 0 Å². The third-order valence-corrected chi connectivity index (χ3v) is 3.24. The molecule has 0 aliphatic heterocycles. The van der Waals surface area contributed by atoms with Crippen LogP contribution in [0.25, 0.3) is 0 Å². The van der Waals surface area contributed by atoms with E-state index in [-0.39, 0.29) is 30.1 Å². The van der Waals surface area contributed by atoms with Gasteiger partial charge in [-0.15, -0.1) is 30.4 Å². The molecule has 5 heteroatoms. The molecule has 128 valence electrons. The Hall–Kier alpha value is -1.42. The number of hydrogen-bond acceptors (Lipinski definition) is 2. The molecule has 0 saturated heterocycles. The standard InChI is InChI=1S/C18H27N3O.HI/c1-6-11-20-18(19-8-3)21-13-16-10-9-14(4)12-17(16)22-15(5)7-2;/h1,9-10,12,15H,7-8,11,13H2,2-5H3,(H2,19,20,21);1H. The second-order valence-electron chi connectivity index (χ2n) is 5.20. The van der Waals surface area contributed by atoms with Gasteiger partial charge in [0.05, 0.1) is 19.2 Å². The molecule has 0 bridgehead atoms. The van der Waals surface area contributed by atoms with Crippen LogP contribution in [0.1, 0.15) is 38.3 Å². The smallest absolute Gasteiger partial charge is 0.192 e. The molecule has 0 radical (unpaired) electrons. The third kappa shape index (κ3) is 8.12. The molecule has 23 heavy (non-hydrogen) atoms. The van der Waals surface area contributed by atoms with Crippen LogP contribution in [-0.4, -0.2) is 25.2 Å². The summed E-state index contributed by atoms with van der Waals surface area (Å²) >= 11 is 0. The van der Waals surface area contributed by atoms with E-state index in [4.69, 9.17) is 11.2 Å². The average Bonchev–Trinajstić information content (AvgIpc) is 2.51. The lowest BCUT2D eigenvalue weighted by Gasteiger charge is -2.16. The maximum atomic E-state index is 6.01. The zero-order valence-corrected chi connectivity index (χ0v) is 16.8. The summed E-state index contributed by atoms with van der Waals surface area (Å²) in [7, 11) is 0. The van der Waals surface area contributed by atoms with Gasteiger partial charge in [0, 0.05) is 12.1 Å². The van der Waals surface area contributed by atoms with E-state index < -0.39 is 0 Å². The summed E-state index contributed by atoms with van der Waals surface area (Å²) in [4.78, 5) is 4.56. The van der Waals surface area contributed by atoms with Gasteiger partial charge < -0.3 is 15.4 Å². The summed E-state index contributed by atoms with van der Waals surface area (Å²) in [6.45, 7) is 10.1. The molecular weight excluding hydrogens is 401 g/mol. The van der Waals surface area contributed by atoms with Crippen LogP contribution in [-0.2, 0) is 6.54 Å². The summed E-state index contributed by atoms with van der Waals surface area (Å²) in [6, 6.07) is 6.22. The molecular formula is C18H28IN3O. The van der Waals surface area contributed by atoms with Gasteiger partial charge in [-0.3, -0.25) is 0 Å². The van der Waals surface area contributed by atoms with Crippen molar-refractivity contribution >= 4 is 29.9 Å². The van der Waals surface area contributed by atoms with Crippen molar-refractivity contribution in [3.05, 3.63) is 29.3 Å². The highest BCUT2D eigenvalue weighted by atomic mass is 127. The van der Waals surface area contributed by atoms with Gasteiger partial charge in [-0.1, -0.05) is 25.0 Å². The topological polar surface area (TPSA) is 45.7 Å². The maximum absolute atomic E-state index is 6.01. The first-order valence-corrected chi connectivity index (χ1v) is 7.82. The highest BCUT2D eigenvalue weighted by Crippen LogP contribution is 2.23. The highest BCUT2D eigenvalue weighted by molar-refractivity contribution is 14.0. The van der Waals surface area contributed by atoms with Crippen LogP contribution >= 0.6 is 24.0 Å². The highest BCUT2D eigenvalue weighted by Gasteiger charge is 2.08. The first kappa shape index (κ1) is 21.6. The van der Waals surface area contributed by atoms with Crippen LogP contribution in [0.4, 0.5) is 0 Å². The fraction of sp³-hybridized carbons (Fsp3) is 0.500. The van der Waals surface area contributed by atoms with Crippen molar-refractivity contribution < 1.29 is 4.74 Å². The van der Waals surface area contributed by atoms with Gasteiger partial charge in [0.1, 0.15) is 5.75 Å². The van der Waals surface area contributed by atoms with Gasteiger partial charge in [0.15, 0.2) is 5.96 Å². The normalized spacial score (nSPS) is 11.9. The lowest BCUT2D eigenvalue weighted by atomic mass is 10.1. The van der Waals surface area contributed by atoms with Gasteiger partial charge in [0.2, 0.25) is 0 Å². The van der Waals surface area contributed by atoms with Gasteiger partial charge in [-0.05, 0) is 38.8 Å². The van der Waals surface area contributed by atoms with Crippen molar-refractivity contribution in [2.75, 3.05) is 13.1 Å². The number of aliphatic imine (C=N–C) groups is 1. The summed E-state index contributed by atoms with van der Waals surface area (Å²) in [5.41, 5.74) is 2.26. The Morgan fingerprint density at radius 2 is 2.09 bits per heavy atom. The van der Waals surface area contributed by atoms with E-state index in [9.17, 15) is 0 Å². The first-order valence-electron chi connectivity index (χ1n) is 7.82. The number of guanidine groups is 1. The molecule has 0 saturated carbocycles. The number of aryl methyl sites for hydroxylation is 1. The summed E-state index contributed by atoms with van der Waals surface area (Å²) in [6.07, 6.45) is 6.44. The Morgan fingerprint density at radius 3 is 2.70 bits per heavy atom. The van der Waals surface area contributed by atoms with Crippen LogP contribution in [0.3, 0.4) is 0 Å². The van der Waals surface area contributed by atoms with Crippen molar-refractivity contribution in [1.29, 1.82) is 0 Å². The molecule has 0 aliphatic carbocycles. The number of hydrogen-bond donors (Lipinski definition) is 2. The molecule has 1 atom stereocenters. The van der Waals surface area contributed by atoms with Crippen molar-refractivity contribution in [1.82, 2.24) is 10.6 Å². The van der Waals surface area contributed by atoms with Crippen LogP contribution in [0.2, 0.25) is 0 Å². The number of ether oxygens (including phenoxy) is 1. The second-order valence-corrected chi connectivity index (χ2v) is 5.20. The van der Waals surface area contributed by atoms with E-state index in [1.54, 1.807) is 0 Å². The number of benzene rings is 1. The summed E-state index contributed by atoms with van der Waals surface area (Å²) < 4.78 is 6.01. The Balaban J connectivity index is 0.00000484. The van der Waals surface area contributed by atoms with Crippen molar-refractivity contribution in [3.8, 4) is 18.1 Å². The fourth-order valence-electron chi connectivity index (χ4n) is 1.84. The average molecular weight is 429 g/mol. The maximum Gasteiger partial charge on any atom is 0.192 e. The molecule has 0 amide bonds. The largest absolute Gasteiger partial charge is 0.490 e. The lowest BCUT2D eigenvalue weighted by molar-refractivity contribution is 0.215. The van der Waals surface area contributed by atoms with E-state index in [0.29, 0.717) is 13.1 Å². The van der Waals surface area contributed by atoms with Crippen LogP contribution in [0.5, 0.6) is 5.75 Å². The molecule has 0 spiro atoms. The quantitative estimate of drug-likeness (QED) is 0.302. The molecule has 0 fully saturated rings. The minimum atomic E-state index is 0. The van der Waals surface area contributed by atoms with Crippen LogP contribution in [0.15, 0.2) is 23.2 Å². The van der Waals surface area contributed by atoms with Crippen molar-refractivity contribution in [2.24, 2.45) is 4.99 Å². The minimum absolute atomic E-state index is 0. The van der Waals surface area contributed by atoms with E-state index in [0.717, 1.165) is 30.2 Å². The fourth-order valence-corrected chi connectivity index (χ4v) is 1.84. The summed E-state index contributed by atoms with van der Waals surface area (Å²) in [5.74, 6) is 4.18. The number of nitrogens with one attached hydrogen (secondary N) is 2. The molecule has 1 aromatic rings. The zero-order chi connectivity index (χ0) is 16.4. The molecule has 2 N–H and O–H groups in total. The van der Waals surface area contributed by atoms with Gasteiger partial charge in [-0.2, -0.15) is 0 Å². The zero-order valence-electron chi connectivity index (χ0n) is 14.5. The van der Waals surface area contributed by atoms with E-state index in [1.165, 1.54) is 5.56 Å². The Bertz CT molecular complexity index is 538. The number of rotatable bonds is 7. The first-order chi connectivity index (χ1) is 10.6. The van der Waals surface area contributed by atoms with Gasteiger partial charge >= 0.3 is 0 Å². The number of terminal acetylenes is 1. The molecule has 1 aromatic carbocycles. The third-order valence-electron chi connectivity index (χ3n) is 3.24. The lowest BCUT2D eigenvalue weighted by Crippen LogP contribution is -2.37. The van der Waals surface area contributed by atoms with E-state index in [2.05, 4.69) is 60.5 Å². The number of halogens is 1. The number of nitrogens with zero attached hydrogens (tertiary/aromatic N) is 1. The Labute approximate surface area is 157 Å². The predicted octanol–water partition coefficient (Wildman–Crippen LogP) is 3.48. The minimum Gasteiger partial charge on any atom is -0.490 e. The molecule has 1 unspecified atom stereocenters. The van der Waals surface area contributed by atoms with Crippen LogP contribution < -0.4 is 15.4 Å². The van der Waals surface area contributed by atoms with Crippen LogP contribution in [0, 0.1) is 19.3 Å². The van der Waals surface area contributed by atoms with E-state index >= 15 is 0 Å². The molecule has 0 aromatic heterocycles. The van der Waals surface area contributed by atoms with E-state index in [1.807, 2.05) is 6.92 Å². The Morgan fingerprint density at radius 1 is 1.35 bits per heavy atom. The monoisotopic (exact) mass is 429 g/mol. The predicted molar refractivity (Wildman–Crippen MR) is 109 cm³/mol. The van der Waals surface area contributed by atoms with Gasteiger partial charge in [-0.25, -0.2) is 4.99 Å². The molecule has 0 aliphatic rings. The van der Waals surface area contributed by atoms with Gasteiger partial charge in [0.25, 0.3) is 0 Å². The van der Waals surface area contributed by atoms with Crippen molar-refractivity contribution in [2.45, 2.75) is 46.8 Å².